The molecule has 3 aromatic rings. The van der Waals surface area contributed by atoms with E-state index in [9.17, 15) is 15.3 Å². The second kappa shape index (κ2) is 11.6. The summed E-state index contributed by atoms with van der Waals surface area (Å²) in [4.78, 5) is 12.6. The normalized spacial score (nSPS) is 10.7. The lowest BCUT2D eigenvalue weighted by atomic mass is 10.1. The Morgan fingerprint density at radius 1 is 1.12 bits per heavy atom. The van der Waals surface area contributed by atoms with Gasteiger partial charge in [-0.15, -0.1) is 0 Å². The highest BCUT2D eigenvalue weighted by Crippen LogP contribution is 2.37. The lowest BCUT2D eigenvalue weighted by Crippen LogP contribution is -2.13. The molecule has 0 heterocycles. The third-order valence-corrected chi connectivity index (χ3v) is 5.34. The van der Waals surface area contributed by atoms with Gasteiger partial charge in [0.2, 0.25) is 0 Å². The summed E-state index contributed by atoms with van der Waals surface area (Å²) < 4.78 is 11.3. The first-order valence-electron chi connectivity index (χ1n) is 10.5. The number of nitrogens with one attached hydrogen (secondary N) is 1. The fraction of sp³-hybridized carbons (Fsp3) is 0.148. The highest BCUT2D eigenvalue weighted by atomic mass is 35.5. The molecule has 3 rings (SSSR count). The maximum atomic E-state index is 12.6. The van der Waals surface area contributed by atoms with Crippen molar-refractivity contribution >= 4 is 29.3 Å². The van der Waals surface area contributed by atoms with E-state index in [1.165, 1.54) is 13.2 Å². The van der Waals surface area contributed by atoms with Gasteiger partial charge in [0.05, 0.1) is 23.8 Å². The number of nitrogens with zero attached hydrogens (tertiary/aromatic N) is 2. The van der Waals surface area contributed by atoms with Crippen LogP contribution in [0.3, 0.4) is 0 Å². The Kier molecular flexibility index (Phi) is 8.29. The van der Waals surface area contributed by atoms with Gasteiger partial charge < -0.3 is 14.8 Å². The zero-order valence-electron chi connectivity index (χ0n) is 18.8. The van der Waals surface area contributed by atoms with Gasteiger partial charge in [-0.25, -0.2) is 0 Å². The molecule has 170 valence electrons. The van der Waals surface area contributed by atoms with Gasteiger partial charge in [-0.3, -0.25) is 4.79 Å². The zero-order chi connectivity index (χ0) is 24.5. The lowest BCUT2D eigenvalue weighted by Gasteiger charge is -2.14. The number of carbonyl (C=O) groups excluding carboxylic acids is 1. The van der Waals surface area contributed by atoms with Crippen LogP contribution in [0, 0.1) is 22.7 Å². The van der Waals surface area contributed by atoms with Crippen LogP contribution in [0.15, 0.2) is 66.2 Å². The number of methoxy groups -OCH3 is 1. The highest BCUT2D eigenvalue weighted by Gasteiger charge is 2.15. The maximum Gasteiger partial charge on any atom is 0.266 e. The van der Waals surface area contributed by atoms with Crippen LogP contribution in [0.2, 0.25) is 5.02 Å². The zero-order valence-corrected chi connectivity index (χ0v) is 19.5. The van der Waals surface area contributed by atoms with Crippen LogP contribution in [-0.2, 0) is 17.8 Å². The fourth-order valence-corrected chi connectivity index (χ4v) is 3.48. The third kappa shape index (κ3) is 5.95. The van der Waals surface area contributed by atoms with E-state index in [1.807, 2.05) is 31.2 Å². The molecule has 3 aromatic carbocycles. The van der Waals surface area contributed by atoms with E-state index in [1.54, 1.807) is 42.5 Å². The van der Waals surface area contributed by atoms with E-state index >= 15 is 0 Å². The molecule has 0 bridgehead atoms. The Labute approximate surface area is 203 Å². The minimum atomic E-state index is -0.532. The number of ether oxygens (including phenoxy) is 2. The van der Waals surface area contributed by atoms with Gasteiger partial charge in [-0.1, -0.05) is 48.9 Å². The number of nitriles is 2. The number of halogens is 1. The number of hydrogen-bond acceptors (Lipinski definition) is 5. The SMILES string of the molecule is CCc1ccc(NC(=O)/C(C#N)=C/c2cc(Cl)c(OCc3ccccc3C#N)c(OC)c2)cc1. The highest BCUT2D eigenvalue weighted by molar-refractivity contribution is 6.32. The summed E-state index contributed by atoms with van der Waals surface area (Å²) >= 11 is 6.44. The Bertz CT molecular complexity index is 1300. The van der Waals surface area contributed by atoms with Crippen LogP contribution in [0.25, 0.3) is 6.08 Å². The lowest BCUT2D eigenvalue weighted by molar-refractivity contribution is -0.112. The molecule has 0 aromatic heterocycles. The van der Waals surface area contributed by atoms with Gasteiger partial charge >= 0.3 is 0 Å². The van der Waals surface area contributed by atoms with Crippen molar-refractivity contribution in [3.05, 3.63) is 93.5 Å². The van der Waals surface area contributed by atoms with Gasteiger partial charge in [0, 0.05) is 11.3 Å². The number of aryl methyl sites for hydroxylation is 1. The molecule has 0 saturated heterocycles. The van der Waals surface area contributed by atoms with E-state index in [-0.39, 0.29) is 17.2 Å². The van der Waals surface area contributed by atoms with Gasteiger partial charge in [-0.05, 0) is 54.0 Å². The number of carbonyl (C=O) groups is 1. The summed E-state index contributed by atoms with van der Waals surface area (Å²) in [6.07, 6.45) is 2.32. The number of benzene rings is 3. The second-order valence-corrected chi connectivity index (χ2v) is 7.67. The van der Waals surface area contributed by atoms with Crippen LogP contribution in [0.1, 0.15) is 29.2 Å². The van der Waals surface area contributed by atoms with E-state index < -0.39 is 5.91 Å². The summed E-state index contributed by atoms with van der Waals surface area (Å²) in [5.74, 6) is 0.101. The van der Waals surface area contributed by atoms with Gasteiger partial charge in [0.15, 0.2) is 11.5 Å². The Hall–Kier alpha value is -4.26. The van der Waals surface area contributed by atoms with Crippen molar-refractivity contribution in [1.82, 2.24) is 0 Å². The van der Waals surface area contributed by atoms with Crippen molar-refractivity contribution in [1.29, 1.82) is 10.5 Å². The molecule has 0 fully saturated rings. The summed E-state index contributed by atoms with van der Waals surface area (Å²) in [5.41, 5.74) is 3.37. The summed E-state index contributed by atoms with van der Waals surface area (Å²) in [6, 6.07) is 21.8. The van der Waals surface area contributed by atoms with Crippen LogP contribution >= 0.6 is 11.6 Å². The van der Waals surface area contributed by atoms with Crippen LogP contribution in [0.5, 0.6) is 11.5 Å². The van der Waals surface area contributed by atoms with Crippen molar-refractivity contribution in [3.8, 4) is 23.6 Å². The molecular formula is C27H22ClN3O3. The summed E-state index contributed by atoms with van der Waals surface area (Å²) in [7, 11) is 1.47. The first-order chi connectivity index (χ1) is 16.5. The largest absolute Gasteiger partial charge is 0.493 e. The average Bonchev–Trinajstić information content (AvgIpc) is 2.86. The predicted molar refractivity (Wildman–Crippen MR) is 132 cm³/mol. The minimum Gasteiger partial charge on any atom is -0.493 e. The number of amides is 1. The van der Waals surface area contributed by atoms with Gasteiger partial charge in [0.25, 0.3) is 5.91 Å². The van der Waals surface area contributed by atoms with Crippen molar-refractivity contribution in [2.24, 2.45) is 0 Å². The quantitative estimate of drug-likeness (QED) is 0.325. The number of anilines is 1. The van der Waals surface area contributed by atoms with Crippen molar-refractivity contribution in [3.63, 3.8) is 0 Å². The Balaban J connectivity index is 1.81. The number of hydrogen-bond donors (Lipinski definition) is 1. The molecule has 0 aliphatic carbocycles. The third-order valence-electron chi connectivity index (χ3n) is 5.06. The topological polar surface area (TPSA) is 95.1 Å². The molecule has 0 spiro atoms. The smallest absolute Gasteiger partial charge is 0.266 e. The molecule has 34 heavy (non-hydrogen) atoms. The molecule has 0 saturated carbocycles. The second-order valence-electron chi connectivity index (χ2n) is 7.27. The average molecular weight is 472 g/mol. The molecule has 1 amide bonds. The Morgan fingerprint density at radius 3 is 2.50 bits per heavy atom. The molecule has 0 aliphatic rings. The van der Waals surface area contributed by atoms with Crippen molar-refractivity contribution in [2.45, 2.75) is 20.0 Å². The van der Waals surface area contributed by atoms with E-state index in [2.05, 4.69) is 11.4 Å². The fourth-order valence-electron chi connectivity index (χ4n) is 3.21. The molecule has 0 aliphatic heterocycles. The van der Waals surface area contributed by atoms with Crippen molar-refractivity contribution < 1.29 is 14.3 Å². The molecular weight excluding hydrogens is 450 g/mol. The van der Waals surface area contributed by atoms with Crippen LogP contribution in [-0.4, -0.2) is 13.0 Å². The van der Waals surface area contributed by atoms with E-state index in [0.717, 1.165) is 12.0 Å². The minimum absolute atomic E-state index is 0.0886. The molecule has 0 unspecified atom stereocenters. The predicted octanol–water partition coefficient (Wildman–Crippen LogP) is 5.91. The monoisotopic (exact) mass is 471 g/mol. The first kappa shape index (κ1) is 24.4. The van der Waals surface area contributed by atoms with Crippen molar-refractivity contribution in [2.75, 3.05) is 12.4 Å². The Morgan fingerprint density at radius 2 is 1.85 bits per heavy atom. The molecule has 6 nitrogen and oxygen atoms in total. The standard InChI is InChI=1S/C27H22ClN3O3/c1-3-18-8-10-23(11-9-18)31-27(32)22(16-30)12-19-13-24(28)26(25(14-19)33-2)34-17-21-7-5-4-6-20(21)15-29/h4-14H,3,17H2,1-2H3,(H,31,32)/b22-12+. The molecule has 0 atom stereocenters. The van der Waals surface area contributed by atoms with Crippen LogP contribution in [0.4, 0.5) is 5.69 Å². The van der Waals surface area contributed by atoms with E-state index in [4.69, 9.17) is 21.1 Å². The molecule has 1 N–H and O–H groups in total. The van der Waals surface area contributed by atoms with Gasteiger partial charge in [-0.2, -0.15) is 10.5 Å². The molecule has 0 radical (unpaired) electrons. The first-order valence-corrected chi connectivity index (χ1v) is 10.9. The summed E-state index contributed by atoms with van der Waals surface area (Å²) in [6.45, 7) is 2.17. The van der Waals surface area contributed by atoms with E-state index in [0.29, 0.717) is 33.9 Å². The van der Waals surface area contributed by atoms with Crippen LogP contribution < -0.4 is 14.8 Å². The summed E-state index contributed by atoms with van der Waals surface area (Å²) in [5, 5.41) is 21.8. The van der Waals surface area contributed by atoms with Gasteiger partial charge in [0.1, 0.15) is 18.2 Å². The number of rotatable bonds is 8. The molecule has 7 heteroatoms. The maximum absolute atomic E-state index is 12.6.